The van der Waals surface area contributed by atoms with Gasteiger partial charge in [-0.3, -0.25) is 9.59 Å². The lowest BCUT2D eigenvalue weighted by molar-refractivity contribution is -0.883. The highest BCUT2D eigenvalue weighted by atomic mass is 16.2. The van der Waals surface area contributed by atoms with Crippen molar-refractivity contribution >= 4 is 17.5 Å². The number of anilines is 1. The number of quaternary nitrogens is 1. The van der Waals surface area contributed by atoms with Crippen LogP contribution in [0.4, 0.5) is 5.69 Å². The van der Waals surface area contributed by atoms with Crippen molar-refractivity contribution in [2.75, 3.05) is 38.5 Å². The maximum Gasteiger partial charge on any atom is 0.256 e. The number of carbonyl (C=O) groups excluding carboxylic acids is 2. The Kier molecular flexibility index (Phi) is 4.91. The summed E-state index contributed by atoms with van der Waals surface area (Å²) < 4.78 is 0. The molecule has 0 aromatic heterocycles. The molecule has 5 heteroatoms. The fraction of sp³-hybridized carbons (Fsp3) is 0.263. The number of rotatable bonds is 3. The predicted octanol–water partition coefficient (Wildman–Crippen LogP) is 0.909. The molecule has 2 amide bonds. The van der Waals surface area contributed by atoms with E-state index in [0.29, 0.717) is 16.8 Å². The third-order valence-electron chi connectivity index (χ3n) is 4.35. The van der Waals surface area contributed by atoms with Gasteiger partial charge < -0.3 is 15.1 Å². The van der Waals surface area contributed by atoms with Crippen molar-refractivity contribution in [1.82, 2.24) is 4.90 Å². The maximum absolute atomic E-state index is 12.8. The van der Waals surface area contributed by atoms with Crippen LogP contribution in [0, 0.1) is 0 Å². The molecule has 0 saturated carbocycles. The number of para-hydroxylation sites is 1. The Morgan fingerprint density at radius 2 is 1.58 bits per heavy atom. The zero-order chi connectivity index (χ0) is 16.9. The predicted molar refractivity (Wildman–Crippen MR) is 93.4 cm³/mol. The van der Waals surface area contributed by atoms with Gasteiger partial charge in [0.1, 0.15) is 0 Å². The molecule has 2 aromatic carbocycles. The third-order valence-corrected chi connectivity index (χ3v) is 4.35. The highest BCUT2D eigenvalue weighted by molar-refractivity contribution is 6.09. The SMILES string of the molecule is C[NH+]1CCN(C(=O)c2ccccc2NC(=O)c2ccccc2)CC1. The van der Waals surface area contributed by atoms with E-state index in [-0.39, 0.29) is 11.8 Å². The first-order valence-electron chi connectivity index (χ1n) is 8.21. The second kappa shape index (κ2) is 7.27. The Balaban J connectivity index is 1.78. The van der Waals surface area contributed by atoms with Crippen LogP contribution < -0.4 is 10.2 Å². The highest BCUT2D eigenvalue weighted by Gasteiger charge is 2.24. The van der Waals surface area contributed by atoms with Gasteiger partial charge in [-0.1, -0.05) is 30.3 Å². The van der Waals surface area contributed by atoms with Crippen LogP contribution in [0.1, 0.15) is 20.7 Å². The molecule has 0 bridgehead atoms. The van der Waals surface area contributed by atoms with E-state index in [1.807, 2.05) is 35.2 Å². The van der Waals surface area contributed by atoms with Crippen molar-refractivity contribution in [2.24, 2.45) is 0 Å². The summed E-state index contributed by atoms with van der Waals surface area (Å²) >= 11 is 0. The van der Waals surface area contributed by atoms with Crippen LogP contribution in [0.5, 0.6) is 0 Å². The van der Waals surface area contributed by atoms with Crippen LogP contribution in [0.15, 0.2) is 54.6 Å². The number of nitrogens with zero attached hydrogens (tertiary/aromatic N) is 1. The van der Waals surface area contributed by atoms with Crippen molar-refractivity contribution in [3.8, 4) is 0 Å². The van der Waals surface area contributed by atoms with Crippen LogP contribution in [0.25, 0.3) is 0 Å². The fourth-order valence-electron chi connectivity index (χ4n) is 2.82. The summed E-state index contributed by atoms with van der Waals surface area (Å²) in [7, 11) is 2.13. The zero-order valence-corrected chi connectivity index (χ0v) is 13.8. The van der Waals surface area contributed by atoms with Gasteiger partial charge in [0.05, 0.1) is 44.5 Å². The molecule has 0 atom stereocenters. The van der Waals surface area contributed by atoms with Crippen molar-refractivity contribution in [3.05, 3.63) is 65.7 Å². The van der Waals surface area contributed by atoms with Gasteiger partial charge in [0.2, 0.25) is 0 Å². The first-order chi connectivity index (χ1) is 11.6. The second-order valence-electron chi connectivity index (χ2n) is 6.12. The monoisotopic (exact) mass is 324 g/mol. The minimum atomic E-state index is -0.210. The number of carbonyl (C=O) groups is 2. The third kappa shape index (κ3) is 3.63. The molecule has 5 nitrogen and oxygen atoms in total. The average Bonchev–Trinajstić information content (AvgIpc) is 2.63. The summed E-state index contributed by atoms with van der Waals surface area (Å²) in [5, 5.41) is 2.86. The minimum absolute atomic E-state index is 0.0218. The molecule has 0 spiro atoms. The molecule has 1 fully saturated rings. The van der Waals surface area contributed by atoms with Gasteiger partial charge in [0.15, 0.2) is 0 Å². The summed E-state index contributed by atoms with van der Waals surface area (Å²) in [6, 6.07) is 16.2. The van der Waals surface area contributed by atoms with Gasteiger partial charge in [0.25, 0.3) is 11.8 Å². The molecule has 2 N–H and O–H groups in total. The van der Waals surface area contributed by atoms with Gasteiger partial charge in [-0.25, -0.2) is 0 Å². The number of piperazine rings is 1. The quantitative estimate of drug-likeness (QED) is 0.882. The first-order valence-corrected chi connectivity index (χ1v) is 8.21. The summed E-state index contributed by atoms with van der Waals surface area (Å²) in [4.78, 5) is 28.5. The van der Waals surface area contributed by atoms with Gasteiger partial charge in [0, 0.05) is 5.56 Å². The van der Waals surface area contributed by atoms with Crippen molar-refractivity contribution in [1.29, 1.82) is 0 Å². The number of hydrogen-bond donors (Lipinski definition) is 2. The van der Waals surface area contributed by atoms with E-state index < -0.39 is 0 Å². The number of amides is 2. The molecule has 24 heavy (non-hydrogen) atoms. The summed E-state index contributed by atoms with van der Waals surface area (Å²) in [5.74, 6) is -0.231. The molecule has 2 aromatic rings. The topological polar surface area (TPSA) is 53.9 Å². The minimum Gasteiger partial charge on any atom is -0.334 e. The largest absolute Gasteiger partial charge is 0.334 e. The lowest BCUT2D eigenvalue weighted by atomic mass is 10.1. The first kappa shape index (κ1) is 16.2. The van der Waals surface area contributed by atoms with Crippen LogP contribution in [0.3, 0.4) is 0 Å². The zero-order valence-electron chi connectivity index (χ0n) is 13.8. The van der Waals surface area contributed by atoms with Crippen LogP contribution in [-0.2, 0) is 0 Å². The lowest BCUT2D eigenvalue weighted by Gasteiger charge is -2.30. The van der Waals surface area contributed by atoms with E-state index >= 15 is 0 Å². The van der Waals surface area contributed by atoms with E-state index in [4.69, 9.17) is 0 Å². The summed E-state index contributed by atoms with van der Waals surface area (Å²) in [6.45, 7) is 3.38. The molecule has 1 saturated heterocycles. The fourth-order valence-corrected chi connectivity index (χ4v) is 2.82. The van der Waals surface area contributed by atoms with Crippen LogP contribution in [-0.4, -0.2) is 49.9 Å². The smallest absolute Gasteiger partial charge is 0.256 e. The van der Waals surface area contributed by atoms with E-state index in [1.54, 1.807) is 24.3 Å². The molecular formula is C19H22N3O2+. The molecule has 1 aliphatic heterocycles. The standard InChI is InChI=1S/C19H21N3O2/c1-21-11-13-22(14-12-21)19(24)16-9-5-6-10-17(16)20-18(23)15-7-3-2-4-8-15/h2-10H,11-14H2,1H3,(H,20,23)/p+1. The Labute approximate surface area is 141 Å². The Bertz CT molecular complexity index is 722. The van der Waals surface area contributed by atoms with Crippen molar-refractivity contribution < 1.29 is 14.5 Å². The molecule has 3 rings (SSSR count). The maximum atomic E-state index is 12.8. The molecule has 0 radical (unpaired) electrons. The van der Waals surface area contributed by atoms with Gasteiger partial charge >= 0.3 is 0 Å². The van der Waals surface area contributed by atoms with E-state index in [2.05, 4.69) is 12.4 Å². The highest BCUT2D eigenvalue weighted by Crippen LogP contribution is 2.18. The normalized spacial score (nSPS) is 15.1. The Hall–Kier alpha value is -2.66. The molecule has 0 aliphatic carbocycles. The number of hydrogen-bond acceptors (Lipinski definition) is 2. The molecule has 1 heterocycles. The number of benzene rings is 2. The Morgan fingerprint density at radius 1 is 0.958 bits per heavy atom. The lowest BCUT2D eigenvalue weighted by Crippen LogP contribution is -3.12. The average molecular weight is 324 g/mol. The molecule has 124 valence electrons. The summed E-state index contributed by atoms with van der Waals surface area (Å²) in [6.07, 6.45) is 0. The number of nitrogens with one attached hydrogen (secondary N) is 2. The molecular weight excluding hydrogens is 302 g/mol. The Morgan fingerprint density at radius 3 is 2.29 bits per heavy atom. The van der Waals surface area contributed by atoms with Gasteiger partial charge in [-0.15, -0.1) is 0 Å². The van der Waals surface area contributed by atoms with Gasteiger partial charge in [-0.05, 0) is 24.3 Å². The van der Waals surface area contributed by atoms with Crippen LogP contribution >= 0.6 is 0 Å². The molecule has 1 aliphatic rings. The van der Waals surface area contributed by atoms with Crippen molar-refractivity contribution in [2.45, 2.75) is 0 Å². The van der Waals surface area contributed by atoms with E-state index in [0.717, 1.165) is 26.2 Å². The summed E-state index contributed by atoms with van der Waals surface area (Å²) in [5.41, 5.74) is 1.67. The number of likely N-dealkylation sites (N-methyl/N-ethyl adjacent to an activating group) is 1. The van der Waals surface area contributed by atoms with Crippen LogP contribution in [0.2, 0.25) is 0 Å². The van der Waals surface area contributed by atoms with Crippen molar-refractivity contribution in [3.63, 3.8) is 0 Å². The van der Waals surface area contributed by atoms with Gasteiger partial charge in [-0.2, -0.15) is 0 Å². The second-order valence-corrected chi connectivity index (χ2v) is 6.12. The molecule has 0 unspecified atom stereocenters. The van der Waals surface area contributed by atoms with E-state index in [1.165, 1.54) is 4.90 Å². The van der Waals surface area contributed by atoms with E-state index in [9.17, 15) is 9.59 Å².